The summed E-state index contributed by atoms with van der Waals surface area (Å²) in [6.45, 7) is 3.55. The van der Waals surface area contributed by atoms with E-state index in [1.165, 1.54) is 0 Å². The second-order valence-corrected chi connectivity index (χ2v) is 4.92. The van der Waals surface area contributed by atoms with E-state index in [-0.39, 0.29) is 5.56 Å². The fraction of sp³-hybridized carbons (Fsp3) is 0.364. The van der Waals surface area contributed by atoms with Crippen molar-refractivity contribution in [1.29, 1.82) is 0 Å². The van der Waals surface area contributed by atoms with Crippen LogP contribution in [0, 0.1) is 3.57 Å². The maximum atomic E-state index is 11.8. The monoisotopic (exact) mass is 344 g/mol. The van der Waals surface area contributed by atoms with Crippen molar-refractivity contribution in [3.8, 4) is 0 Å². The predicted octanol–water partition coefficient (Wildman–Crippen LogP) is 1.50. The van der Waals surface area contributed by atoms with E-state index in [0.29, 0.717) is 10.1 Å². The summed E-state index contributed by atoms with van der Waals surface area (Å²) < 4.78 is 4.30. The molecule has 0 saturated carbocycles. The molecular formula is C11H13IN4O. The first-order valence-electron chi connectivity index (χ1n) is 5.41. The Bertz CT molecular complexity index is 561. The minimum absolute atomic E-state index is 0.00940. The highest BCUT2D eigenvalue weighted by atomic mass is 127. The molecule has 2 heterocycles. The number of rotatable bonds is 4. The van der Waals surface area contributed by atoms with Crippen LogP contribution in [0.15, 0.2) is 29.8 Å². The van der Waals surface area contributed by atoms with E-state index < -0.39 is 0 Å². The summed E-state index contributed by atoms with van der Waals surface area (Å²) in [7, 11) is 0. The van der Waals surface area contributed by atoms with Crippen LogP contribution in [-0.2, 0) is 13.1 Å². The van der Waals surface area contributed by atoms with Gasteiger partial charge in [-0.05, 0) is 29.0 Å². The van der Waals surface area contributed by atoms with Gasteiger partial charge in [-0.3, -0.25) is 9.36 Å². The van der Waals surface area contributed by atoms with Crippen LogP contribution in [0.5, 0.6) is 0 Å². The van der Waals surface area contributed by atoms with Gasteiger partial charge in [0, 0.05) is 18.9 Å². The zero-order valence-electron chi connectivity index (χ0n) is 9.51. The minimum Gasteiger partial charge on any atom is -0.333 e. The molecule has 0 amide bonds. The third-order valence-electron chi connectivity index (χ3n) is 2.45. The largest absolute Gasteiger partial charge is 0.333 e. The van der Waals surface area contributed by atoms with Gasteiger partial charge in [-0.15, -0.1) is 0 Å². The standard InChI is InChI=1S/C11H13IN4O/c1-2-3-15-7-13-4-9(15)6-16-8-14-5-10(12)11(16)17/h4-5,7-8H,2-3,6H2,1H3. The Morgan fingerprint density at radius 3 is 2.71 bits per heavy atom. The molecule has 0 aliphatic rings. The van der Waals surface area contributed by atoms with E-state index in [1.807, 2.05) is 22.6 Å². The first-order valence-corrected chi connectivity index (χ1v) is 6.49. The summed E-state index contributed by atoms with van der Waals surface area (Å²) >= 11 is 2.00. The van der Waals surface area contributed by atoms with Crippen molar-refractivity contribution in [2.75, 3.05) is 0 Å². The van der Waals surface area contributed by atoms with Crippen LogP contribution in [0.3, 0.4) is 0 Å². The first kappa shape index (κ1) is 12.3. The molecule has 2 rings (SSSR count). The predicted molar refractivity (Wildman–Crippen MR) is 72.8 cm³/mol. The lowest BCUT2D eigenvalue weighted by Gasteiger charge is -2.08. The Morgan fingerprint density at radius 1 is 1.24 bits per heavy atom. The lowest BCUT2D eigenvalue weighted by atomic mass is 10.4. The smallest absolute Gasteiger partial charge is 0.267 e. The molecule has 0 aliphatic carbocycles. The summed E-state index contributed by atoms with van der Waals surface area (Å²) in [6.07, 6.45) is 7.77. The van der Waals surface area contributed by atoms with Crippen molar-refractivity contribution in [2.45, 2.75) is 26.4 Å². The number of imidazole rings is 1. The van der Waals surface area contributed by atoms with Crippen LogP contribution in [0.1, 0.15) is 19.0 Å². The maximum Gasteiger partial charge on any atom is 0.267 e. The van der Waals surface area contributed by atoms with Gasteiger partial charge in [0.2, 0.25) is 0 Å². The fourth-order valence-electron chi connectivity index (χ4n) is 1.63. The molecule has 2 aromatic rings. The zero-order chi connectivity index (χ0) is 12.3. The molecule has 2 aromatic heterocycles. The van der Waals surface area contributed by atoms with Crippen LogP contribution < -0.4 is 5.56 Å². The second-order valence-electron chi connectivity index (χ2n) is 3.75. The molecule has 0 N–H and O–H groups in total. The Hall–Kier alpha value is -1.18. The lowest BCUT2D eigenvalue weighted by molar-refractivity contribution is 0.611. The van der Waals surface area contributed by atoms with Crippen LogP contribution >= 0.6 is 22.6 Å². The molecule has 5 nitrogen and oxygen atoms in total. The molecule has 0 unspecified atom stereocenters. The van der Waals surface area contributed by atoms with Gasteiger partial charge in [-0.1, -0.05) is 6.92 Å². The Morgan fingerprint density at radius 2 is 1.94 bits per heavy atom. The number of hydrogen-bond acceptors (Lipinski definition) is 3. The van der Waals surface area contributed by atoms with Gasteiger partial charge < -0.3 is 4.57 Å². The molecule has 17 heavy (non-hydrogen) atoms. The summed E-state index contributed by atoms with van der Waals surface area (Å²) in [5.41, 5.74) is 1.02. The quantitative estimate of drug-likeness (QED) is 0.790. The summed E-state index contributed by atoms with van der Waals surface area (Å²) in [5, 5.41) is 0. The molecule has 0 saturated heterocycles. The van der Waals surface area contributed by atoms with E-state index in [0.717, 1.165) is 18.7 Å². The Kier molecular flexibility index (Phi) is 3.93. The Labute approximate surface area is 113 Å². The number of hydrogen-bond donors (Lipinski definition) is 0. The van der Waals surface area contributed by atoms with Crippen molar-refractivity contribution < 1.29 is 0 Å². The second kappa shape index (κ2) is 5.44. The molecule has 6 heteroatoms. The summed E-state index contributed by atoms with van der Waals surface area (Å²) in [4.78, 5) is 20.0. The fourth-order valence-corrected chi connectivity index (χ4v) is 2.10. The van der Waals surface area contributed by atoms with Crippen molar-refractivity contribution in [1.82, 2.24) is 19.1 Å². The summed E-state index contributed by atoms with van der Waals surface area (Å²) in [6, 6.07) is 0. The van der Waals surface area contributed by atoms with Gasteiger partial charge in [0.05, 0.1) is 28.5 Å². The maximum absolute atomic E-state index is 11.8. The molecular weight excluding hydrogens is 331 g/mol. The van der Waals surface area contributed by atoms with Gasteiger partial charge >= 0.3 is 0 Å². The molecule has 0 aliphatic heterocycles. The van der Waals surface area contributed by atoms with Crippen molar-refractivity contribution in [3.63, 3.8) is 0 Å². The average Bonchev–Trinajstić information content (AvgIpc) is 2.73. The van der Waals surface area contributed by atoms with E-state index >= 15 is 0 Å². The highest BCUT2D eigenvalue weighted by molar-refractivity contribution is 14.1. The minimum atomic E-state index is -0.00940. The average molecular weight is 344 g/mol. The third kappa shape index (κ3) is 2.74. The van der Waals surface area contributed by atoms with E-state index in [2.05, 4.69) is 21.5 Å². The summed E-state index contributed by atoms with van der Waals surface area (Å²) in [5.74, 6) is 0. The van der Waals surface area contributed by atoms with Crippen LogP contribution in [0.2, 0.25) is 0 Å². The number of nitrogens with zero attached hydrogens (tertiary/aromatic N) is 4. The number of aromatic nitrogens is 4. The highest BCUT2D eigenvalue weighted by Crippen LogP contribution is 2.03. The zero-order valence-corrected chi connectivity index (χ0v) is 11.7. The SMILES string of the molecule is CCCn1cncc1Cn1cncc(I)c1=O. The van der Waals surface area contributed by atoms with Crippen LogP contribution in [0.25, 0.3) is 0 Å². The van der Waals surface area contributed by atoms with Crippen LogP contribution in [-0.4, -0.2) is 19.1 Å². The molecule has 90 valence electrons. The Balaban J connectivity index is 2.28. The van der Waals surface area contributed by atoms with Crippen molar-refractivity contribution in [2.24, 2.45) is 0 Å². The number of aryl methyl sites for hydroxylation is 1. The van der Waals surface area contributed by atoms with E-state index in [9.17, 15) is 4.79 Å². The van der Waals surface area contributed by atoms with Gasteiger partial charge in [0.1, 0.15) is 0 Å². The molecule has 0 atom stereocenters. The molecule has 0 spiro atoms. The van der Waals surface area contributed by atoms with Gasteiger partial charge in [-0.2, -0.15) is 0 Å². The van der Waals surface area contributed by atoms with Gasteiger partial charge in [0.15, 0.2) is 0 Å². The van der Waals surface area contributed by atoms with Crippen molar-refractivity contribution in [3.05, 3.63) is 44.7 Å². The highest BCUT2D eigenvalue weighted by Gasteiger charge is 2.05. The normalized spacial score (nSPS) is 10.7. The topological polar surface area (TPSA) is 52.7 Å². The first-order chi connectivity index (χ1) is 8.22. The number of halogens is 1. The van der Waals surface area contributed by atoms with Crippen LogP contribution in [0.4, 0.5) is 0 Å². The van der Waals surface area contributed by atoms with Gasteiger partial charge in [0.25, 0.3) is 5.56 Å². The molecule has 0 radical (unpaired) electrons. The van der Waals surface area contributed by atoms with Gasteiger partial charge in [-0.25, -0.2) is 9.97 Å². The van der Waals surface area contributed by atoms with E-state index in [1.54, 1.807) is 29.6 Å². The third-order valence-corrected chi connectivity index (χ3v) is 3.19. The lowest BCUT2D eigenvalue weighted by Crippen LogP contribution is -2.24. The van der Waals surface area contributed by atoms with E-state index in [4.69, 9.17) is 0 Å². The van der Waals surface area contributed by atoms with Crippen molar-refractivity contribution >= 4 is 22.6 Å². The molecule has 0 bridgehead atoms. The molecule has 0 aromatic carbocycles. The molecule has 0 fully saturated rings.